The molecule has 3 rings (SSSR count). The van der Waals surface area contributed by atoms with E-state index in [9.17, 15) is 5.11 Å². The summed E-state index contributed by atoms with van der Waals surface area (Å²) in [6.45, 7) is 0. The van der Waals surface area contributed by atoms with Crippen molar-refractivity contribution in [3.63, 3.8) is 0 Å². The van der Waals surface area contributed by atoms with Gasteiger partial charge in [0.15, 0.2) is 0 Å². The lowest BCUT2D eigenvalue weighted by Gasteiger charge is -2.12. The van der Waals surface area contributed by atoms with Crippen LogP contribution >= 0.6 is 11.6 Å². The van der Waals surface area contributed by atoms with Crippen molar-refractivity contribution in [1.82, 2.24) is 9.97 Å². The number of benzene rings is 1. The maximum atomic E-state index is 10.3. The van der Waals surface area contributed by atoms with E-state index in [1.165, 1.54) is 0 Å². The Bertz CT molecular complexity index is 730. The first-order chi connectivity index (χ1) is 9.25. The van der Waals surface area contributed by atoms with Gasteiger partial charge in [0.2, 0.25) is 0 Å². The first-order valence-electron chi connectivity index (χ1n) is 5.89. The van der Waals surface area contributed by atoms with Crippen molar-refractivity contribution in [1.29, 1.82) is 0 Å². The van der Waals surface area contributed by atoms with E-state index in [0.29, 0.717) is 16.3 Å². The lowest BCUT2D eigenvalue weighted by atomic mass is 10.1. The highest BCUT2D eigenvalue weighted by Gasteiger charge is 2.15. The largest absolute Gasteiger partial charge is 0.382 e. The number of para-hydroxylation sites is 1. The van der Waals surface area contributed by atoms with Crippen LogP contribution in [0.1, 0.15) is 17.4 Å². The Morgan fingerprint density at radius 2 is 1.89 bits per heavy atom. The third-order valence-corrected chi connectivity index (χ3v) is 3.29. The lowest BCUT2D eigenvalue weighted by Crippen LogP contribution is -2.03. The summed E-state index contributed by atoms with van der Waals surface area (Å²) in [6, 6.07) is 13.1. The van der Waals surface area contributed by atoms with Crippen LogP contribution in [0.25, 0.3) is 10.9 Å². The maximum absolute atomic E-state index is 10.3. The molecule has 0 aliphatic rings. The van der Waals surface area contributed by atoms with Crippen LogP contribution in [-0.4, -0.2) is 15.1 Å². The first kappa shape index (κ1) is 12.1. The van der Waals surface area contributed by atoms with Gasteiger partial charge in [-0.2, -0.15) is 0 Å². The molecule has 19 heavy (non-hydrogen) atoms. The van der Waals surface area contributed by atoms with Crippen LogP contribution in [0.5, 0.6) is 0 Å². The average Bonchev–Trinajstić information content (AvgIpc) is 2.46. The normalized spacial score (nSPS) is 12.5. The Hall–Kier alpha value is -1.97. The van der Waals surface area contributed by atoms with E-state index in [1.807, 2.05) is 30.3 Å². The molecule has 2 aromatic heterocycles. The fraction of sp³-hybridized carbons (Fsp3) is 0.0667. The summed E-state index contributed by atoms with van der Waals surface area (Å²) in [7, 11) is 0. The van der Waals surface area contributed by atoms with E-state index < -0.39 is 6.10 Å². The highest BCUT2D eigenvalue weighted by atomic mass is 35.5. The molecule has 0 fully saturated rings. The van der Waals surface area contributed by atoms with E-state index in [-0.39, 0.29) is 0 Å². The molecule has 3 nitrogen and oxygen atoms in total. The summed E-state index contributed by atoms with van der Waals surface area (Å²) < 4.78 is 0. The van der Waals surface area contributed by atoms with E-state index in [0.717, 1.165) is 10.9 Å². The zero-order valence-electron chi connectivity index (χ0n) is 9.99. The smallest absolute Gasteiger partial charge is 0.124 e. The molecular weight excluding hydrogens is 260 g/mol. The first-order valence-corrected chi connectivity index (χ1v) is 6.26. The van der Waals surface area contributed by atoms with Crippen LogP contribution in [0.4, 0.5) is 0 Å². The minimum absolute atomic E-state index is 0.446. The molecule has 2 heterocycles. The van der Waals surface area contributed by atoms with Gasteiger partial charge in [0.1, 0.15) is 6.10 Å². The van der Waals surface area contributed by atoms with Gasteiger partial charge in [0.25, 0.3) is 0 Å². The van der Waals surface area contributed by atoms with Gasteiger partial charge in [-0.3, -0.25) is 9.97 Å². The van der Waals surface area contributed by atoms with Crippen molar-refractivity contribution >= 4 is 22.5 Å². The molecule has 3 aromatic rings. The zero-order chi connectivity index (χ0) is 13.2. The molecule has 0 amide bonds. The van der Waals surface area contributed by atoms with Gasteiger partial charge >= 0.3 is 0 Å². The Balaban J connectivity index is 2.07. The molecule has 1 atom stereocenters. The number of nitrogens with zero attached hydrogens (tertiary/aromatic N) is 2. The molecule has 0 saturated carbocycles. The monoisotopic (exact) mass is 270 g/mol. The van der Waals surface area contributed by atoms with Crippen molar-refractivity contribution in [2.45, 2.75) is 6.10 Å². The van der Waals surface area contributed by atoms with Crippen molar-refractivity contribution < 1.29 is 5.11 Å². The van der Waals surface area contributed by atoms with E-state index in [2.05, 4.69) is 9.97 Å². The SMILES string of the molecule is OC(c1cnc2ccccc2c1)c1ncccc1Cl. The number of aromatic nitrogens is 2. The van der Waals surface area contributed by atoms with Gasteiger partial charge in [0, 0.05) is 23.3 Å². The molecule has 0 radical (unpaired) electrons. The van der Waals surface area contributed by atoms with E-state index in [4.69, 9.17) is 11.6 Å². The molecule has 0 bridgehead atoms. The summed E-state index contributed by atoms with van der Waals surface area (Å²) in [6.07, 6.45) is 2.39. The molecule has 1 unspecified atom stereocenters. The van der Waals surface area contributed by atoms with Crippen LogP contribution in [-0.2, 0) is 0 Å². The van der Waals surface area contributed by atoms with Crippen molar-refractivity contribution in [3.05, 3.63) is 71.1 Å². The minimum Gasteiger partial charge on any atom is -0.382 e. The summed E-state index contributed by atoms with van der Waals surface area (Å²) in [5.41, 5.74) is 2.02. The number of halogens is 1. The number of pyridine rings is 2. The van der Waals surface area contributed by atoms with Gasteiger partial charge in [0.05, 0.1) is 16.2 Å². The molecule has 1 aromatic carbocycles. The highest BCUT2D eigenvalue weighted by Crippen LogP contribution is 2.27. The summed E-state index contributed by atoms with van der Waals surface area (Å²) in [4.78, 5) is 8.45. The van der Waals surface area contributed by atoms with E-state index >= 15 is 0 Å². The van der Waals surface area contributed by atoms with Gasteiger partial charge < -0.3 is 5.11 Å². The second-order valence-corrected chi connectivity index (χ2v) is 4.64. The predicted molar refractivity (Wildman–Crippen MR) is 75.1 cm³/mol. The summed E-state index contributed by atoms with van der Waals surface area (Å²) >= 11 is 6.04. The molecule has 0 saturated heterocycles. The summed E-state index contributed by atoms with van der Waals surface area (Å²) in [5.74, 6) is 0. The van der Waals surface area contributed by atoms with Crippen LogP contribution in [0.15, 0.2) is 54.9 Å². The molecule has 0 spiro atoms. The Morgan fingerprint density at radius 3 is 2.74 bits per heavy atom. The molecule has 0 aliphatic heterocycles. The molecule has 0 aliphatic carbocycles. The number of rotatable bonds is 2. The fourth-order valence-corrected chi connectivity index (χ4v) is 2.22. The van der Waals surface area contributed by atoms with Crippen LogP contribution in [0, 0.1) is 0 Å². The van der Waals surface area contributed by atoms with Gasteiger partial charge in [-0.1, -0.05) is 29.8 Å². The van der Waals surface area contributed by atoms with Crippen LogP contribution in [0.3, 0.4) is 0 Å². The zero-order valence-corrected chi connectivity index (χ0v) is 10.7. The van der Waals surface area contributed by atoms with Crippen molar-refractivity contribution in [3.8, 4) is 0 Å². The van der Waals surface area contributed by atoms with Crippen LogP contribution < -0.4 is 0 Å². The second kappa shape index (κ2) is 4.96. The Labute approximate surface area is 115 Å². The number of hydrogen-bond donors (Lipinski definition) is 1. The van der Waals surface area contributed by atoms with Crippen molar-refractivity contribution in [2.24, 2.45) is 0 Å². The third kappa shape index (κ3) is 2.30. The molecular formula is C15H11ClN2O. The fourth-order valence-electron chi connectivity index (χ4n) is 1.99. The lowest BCUT2D eigenvalue weighted by molar-refractivity contribution is 0.215. The number of aliphatic hydroxyl groups is 1. The number of fused-ring (bicyclic) bond motifs is 1. The Morgan fingerprint density at radius 1 is 1.05 bits per heavy atom. The quantitative estimate of drug-likeness (QED) is 0.777. The van der Waals surface area contributed by atoms with Crippen molar-refractivity contribution in [2.75, 3.05) is 0 Å². The van der Waals surface area contributed by atoms with Crippen LogP contribution in [0.2, 0.25) is 5.02 Å². The maximum Gasteiger partial charge on any atom is 0.124 e. The van der Waals surface area contributed by atoms with E-state index in [1.54, 1.807) is 24.5 Å². The average molecular weight is 271 g/mol. The number of hydrogen-bond acceptors (Lipinski definition) is 3. The molecule has 1 N–H and O–H groups in total. The molecule has 4 heteroatoms. The van der Waals surface area contributed by atoms with Gasteiger partial charge in [-0.05, 0) is 24.3 Å². The minimum atomic E-state index is -0.870. The third-order valence-electron chi connectivity index (χ3n) is 2.97. The standard InChI is InChI=1S/C15H11ClN2O/c16-12-5-3-7-17-14(12)15(19)11-8-10-4-1-2-6-13(10)18-9-11/h1-9,15,19H. The molecule has 94 valence electrons. The number of aliphatic hydroxyl groups excluding tert-OH is 1. The topological polar surface area (TPSA) is 46.0 Å². The Kier molecular flexibility index (Phi) is 3.15. The van der Waals surface area contributed by atoms with Gasteiger partial charge in [-0.25, -0.2) is 0 Å². The highest BCUT2D eigenvalue weighted by molar-refractivity contribution is 6.31. The predicted octanol–water partition coefficient (Wildman–Crippen LogP) is 3.36. The van der Waals surface area contributed by atoms with Gasteiger partial charge in [-0.15, -0.1) is 0 Å². The summed E-state index contributed by atoms with van der Waals surface area (Å²) in [5, 5.41) is 11.8. The second-order valence-electron chi connectivity index (χ2n) is 4.23.